The number of sulfonamides is 1. The van der Waals surface area contributed by atoms with Crippen molar-refractivity contribution in [2.75, 3.05) is 11.0 Å². The smallest absolute Gasteiger partial charge is 0.229 e. The first-order chi connectivity index (χ1) is 11.1. The number of carbonyl (C=O) groups is 1. The van der Waals surface area contributed by atoms with E-state index in [1.807, 2.05) is 0 Å². The zero-order valence-corrected chi connectivity index (χ0v) is 17.1. The molecule has 0 saturated heterocycles. The van der Waals surface area contributed by atoms with Crippen LogP contribution in [0.5, 0.6) is 11.5 Å². The van der Waals surface area contributed by atoms with Crippen LogP contribution in [0.25, 0.3) is 0 Å². The summed E-state index contributed by atoms with van der Waals surface area (Å²) in [6.45, 7) is 1.28. The molecule has 0 heterocycles. The molecule has 5 nitrogen and oxygen atoms in total. The minimum absolute atomic E-state index is 0. The van der Waals surface area contributed by atoms with Gasteiger partial charge in [0.05, 0.1) is 11.3 Å². The summed E-state index contributed by atoms with van der Waals surface area (Å²) < 4.78 is 57.1. The van der Waals surface area contributed by atoms with Gasteiger partial charge in [-0.05, 0) is 31.2 Å². The van der Waals surface area contributed by atoms with Gasteiger partial charge in [-0.25, -0.2) is 17.2 Å². The Labute approximate surface area is 170 Å². The molecule has 0 aliphatic rings. The summed E-state index contributed by atoms with van der Waals surface area (Å²) in [7, 11) is -3.72. The largest absolute Gasteiger partial charge is 0.452 e. The molecule has 0 atom stereocenters. The van der Waals surface area contributed by atoms with Crippen LogP contribution in [0.3, 0.4) is 0 Å². The fourth-order valence-corrected chi connectivity index (χ4v) is 2.72. The van der Waals surface area contributed by atoms with Gasteiger partial charge in [-0.3, -0.25) is 9.52 Å². The molecule has 1 N–H and O–H groups in total. The van der Waals surface area contributed by atoms with Crippen molar-refractivity contribution in [2.45, 2.75) is 6.92 Å². The van der Waals surface area contributed by atoms with Crippen molar-refractivity contribution in [3.8, 4) is 11.5 Å². The van der Waals surface area contributed by atoms with E-state index in [1.54, 1.807) is 0 Å². The summed E-state index contributed by atoms with van der Waals surface area (Å²) in [6.07, 6.45) is 0.893. The van der Waals surface area contributed by atoms with Gasteiger partial charge in [-0.15, -0.1) is 0 Å². The van der Waals surface area contributed by atoms with Crippen LogP contribution in [0, 0.1) is 11.6 Å². The number of ether oxygens (including phenoxy) is 1. The van der Waals surface area contributed by atoms with Crippen LogP contribution in [0.1, 0.15) is 17.3 Å². The van der Waals surface area contributed by atoms with Crippen LogP contribution in [-0.4, -0.2) is 50.0 Å². The molecule has 25 heavy (non-hydrogen) atoms. The Hall–Kier alpha value is -1.19. The van der Waals surface area contributed by atoms with Crippen LogP contribution in [0.4, 0.5) is 14.5 Å². The quantitative estimate of drug-likeness (QED) is 0.617. The molecule has 0 aliphatic carbocycles. The normalized spacial score (nSPS) is 10.8. The summed E-state index contributed by atoms with van der Waals surface area (Å²) in [4.78, 5) is 11.5. The van der Waals surface area contributed by atoms with E-state index in [4.69, 9.17) is 16.3 Å². The average Bonchev–Trinajstić information content (AvgIpc) is 2.43. The molecule has 2 rings (SSSR count). The second-order valence-electron chi connectivity index (χ2n) is 4.94. The molecule has 0 saturated carbocycles. The first kappa shape index (κ1) is 21.9. The van der Waals surface area contributed by atoms with E-state index in [0.29, 0.717) is 6.07 Å². The monoisotopic (exact) mass is 398 g/mol. The number of rotatable bonds is 5. The van der Waals surface area contributed by atoms with Gasteiger partial charge in [-0.1, -0.05) is 11.6 Å². The molecule has 0 bridgehead atoms. The van der Waals surface area contributed by atoms with Crippen molar-refractivity contribution < 1.29 is 26.7 Å². The number of hydrogen-bond acceptors (Lipinski definition) is 4. The number of hydrogen-bond donors (Lipinski definition) is 1. The van der Waals surface area contributed by atoms with Gasteiger partial charge in [0.1, 0.15) is 11.5 Å². The topological polar surface area (TPSA) is 72.5 Å². The molecule has 0 spiro atoms. The summed E-state index contributed by atoms with van der Waals surface area (Å²) in [5.74, 6) is -2.70. The summed E-state index contributed by atoms with van der Waals surface area (Å²) in [5, 5.41) is -0.106. The zero-order valence-electron chi connectivity index (χ0n) is 13.6. The van der Waals surface area contributed by atoms with Gasteiger partial charge < -0.3 is 4.74 Å². The molecule has 1 radical (unpaired) electrons. The van der Waals surface area contributed by atoms with Crippen molar-refractivity contribution in [1.82, 2.24) is 0 Å². The Kier molecular flexibility index (Phi) is 7.40. The third-order valence-electron chi connectivity index (χ3n) is 2.86. The molecular formula is C15H12ClF2NNaO4S. The van der Waals surface area contributed by atoms with Crippen LogP contribution >= 0.6 is 11.6 Å². The SMILES string of the molecule is CC(=O)c1cc(Cl)c(NS(C)(=O)=O)c(Oc2ccc(F)cc2F)c1.[Na]. The van der Waals surface area contributed by atoms with Crippen LogP contribution < -0.4 is 9.46 Å². The predicted molar refractivity (Wildman–Crippen MR) is 92.1 cm³/mol. The molecule has 129 valence electrons. The van der Waals surface area contributed by atoms with Crippen molar-refractivity contribution in [2.24, 2.45) is 0 Å². The zero-order chi connectivity index (χ0) is 18.1. The number of carbonyl (C=O) groups excluding carboxylic acids is 1. The summed E-state index contributed by atoms with van der Waals surface area (Å²) in [5.41, 5.74) is -0.0236. The van der Waals surface area contributed by atoms with Crippen molar-refractivity contribution >= 4 is 62.7 Å². The average molecular weight is 399 g/mol. The van der Waals surface area contributed by atoms with E-state index in [9.17, 15) is 22.0 Å². The Morgan fingerprint density at radius 1 is 1.16 bits per heavy atom. The number of halogens is 3. The second kappa shape index (κ2) is 8.46. The van der Waals surface area contributed by atoms with E-state index in [0.717, 1.165) is 18.4 Å². The molecule has 10 heteroatoms. The van der Waals surface area contributed by atoms with Crippen LogP contribution in [0.2, 0.25) is 5.02 Å². The van der Waals surface area contributed by atoms with Crippen LogP contribution in [0.15, 0.2) is 30.3 Å². The van der Waals surface area contributed by atoms with Gasteiger partial charge in [0.2, 0.25) is 10.0 Å². The van der Waals surface area contributed by atoms with E-state index >= 15 is 0 Å². The van der Waals surface area contributed by atoms with Crippen molar-refractivity contribution in [3.05, 3.63) is 52.6 Å². The third-order valence-corrected chi connectivity index (χ3v) is 3.73. The Bertz CT molecular complexity index is 922. The molecule has 2 aromatic carbocycles. The molecule has 0 aliphatic heterocycles. The number of benzene rings is 2. The number of anilines is 1. The molecule has 2 aromatic rings. The Morgan fingerprint density at radius 3 is 2.32 bits per heavy atom. The first-order valence-electron chi connectivity index (χ1n) is 6.52. The molecule has 0 unspecified atom stereocenters. The number of Topliss-reactive ketones (excluding diaryl/α,β-unsaturated/α-hetero) is 1. The van der Waals surface area contributed by atoms with Crippen molar-refractivity contribution in [1.29, 1.82) is 0 Å². The van der Waals surface area contributed by atoms with E-state index in [-0.39, 0.29) is 63.1 Å². The second-order valence-corrected chi connectivity index (χ2v) is 7.09. The fraction of sp³-hybridized carbons (Fsp3) is 0.133. The molecular weight excluding hydrogens is 387 g/mol. The molecule has 0 amide bonds. The van der Waals surface area contributed by atoms with E-state index in [1.165, 1.54) is 19.1 Å². The molecule has 0 aromatic heterocycles. The Balaban J connectivity index is 0.00000312. The molecule has 0 fully saturated rings. The van der Waals surface area contributed by atoms with Crippen LogP contribution in [-0.2, 0) is 10.0 Å². The van der Waals surface area contributed by atoms with Gasteiger partial charge in [0, 0.05) is 41.2 Å². The van der Waals surface area contributed by atoms with E-state index in [2.05, 4.69) is 4.72 Å². The number of nitrogens with one attached hydrogen (secondary N) is 1. The van der Waals surface area contributed by atoms with E-state index < -0.39 is 21.7 Å². The minimum Gasteiger partial charge on any atom is -0.452 e. The maximum atomic E-state index is 13.8. The summed E-state index contributed by atoms with van der Waals surface area (Å²) in [6, 6.07) is 5.08. The maximum absolute atomic E-state index is 13.8. The fourth-order valence-electron chi connectivity index (χ4n) is 1.83. The first-order valence-corrected chi connectivity index (χ1v) is 8.79. The predicted octanol–water partition coefficient (Wildman–Crippen LogP) is 3.60. The van der Waals surface area contributed by atoms with Gasteiger partial charge in [0.15, 0.2) is 23.1 Å². The third kappa shape index (κ3) is 5.93. The van der Waals surface area contributed by atoms with Gasteiger partial charge >= 0.3 is 0 Å². The maximum Gasteiger partial charge on any atom is 0.229 e. The summed E-state index contributed by atoms with van der Waals surface area (Å²) >= 11 is 6.00. The van der Waals surface area contributed by atoms with Crippen molar-refractivity contribution in [3.63, 3.8) is 0 Å². The minimum atomic E-state index is -3.72. The standard InChI is InChI=1S/C15H12ClF2NO4S.Na/c1-8(20)9-5-11(16)15(19-24(2,21)22)14(6-9)23-13-4-3-10(17)7-12(13)18;/h3-7,19H,1-2H3;. The number of ketones is 1. The van der Waals surface area contributed by atoms with Gasteiger partial charge in [0.25, 0.3) is 0 Å². The van der Waals surface area contributed by atoms with Gasteiger partial charge in [-0.2, -0.15) is 0 Å². The Morgan fingerprint density at radius 2 is 1.80 bits per heavy atom.